The van der Waals surface area contributed by atoms with Crippen molar-refractivity contribution in [3.63, 3.8) is 0 Å². The Morgan fingerprint density at radius 1 is 1.25 bits per heavy atom. The lowest BCUT2D eigenvalue weighted by Crippen LogP contribution is -2.50. The molecule has 7 nitrogen and oxygen atoms in total. The molecule has 9 heteroatoms. The third kappa shape index (κ3) is 8.12. The maximum Gasteiger partial charge on any atom is 0.234 e. The quantitative estimate of drug-likeness (QED) is 0.210. The summed E-state index contributed by atoms with van der Waals surface area (Å²) in [6.45, 7) is 8.77. The smallest absolute Gasteiger partial charge is 0.234 e. The molecule has 2 heterocycles. The first-order chi connectivity index (χ1) is 15.1. The normalized spacial score (nSPS) is 15.4. The third-order valence-corrected chi connectivity index (χ3v) is 5.83. The second-order valence-corrected chi connectivity index (χ2v) is 8.50. The topological polar surface area (TPSA) is 84.6 Å². The van der Waals surface area contributed by atoms with Crippen molar-refractivity contribution in [1.29, 1.82) is 0 Å². The van der Waals surface area contributed by atoms with Gasteiger partial charge in [-0.05, 0) is 56.4 Å². The number of halogens is 2. The van der Waals surface area contributed by atoms with Crippen LogP contribution in [0.4, 0.5) is 0 Å². The molecule has 0 bridgehead atoms. The molecule has 0 aliphatic carbocycles. The van der Waals surface area contributed by atoms with E-state index in [2.05, 4.69) is 39.7 Å². The average Bonchev–Trinajstić information content (AvgIpc) is 3.16. The molecule has 178 valence electrons. The molecule has 0 atom stereocenters. The van der Waals surface area contributed by atoms with E-state index in [9.17, 15) is 4.79 Å². The van der Waals surface area contributed by atoms with Crippen LogP contribution in [0.3, 0.4) is 0 Å². The predicted octanol–water partition coefficient (Wildman–Crippen LogP) is 3.53. The number of carbonyl (C=O) groups excluding carboxylic acids is 1. The van der Waals surface area contributed by atoms with Gasteiger partial charge in [-0.2, -0.15) is 0 Å². The van der Waals surface area contributed by atoms with E-state index in [1.807, 2.05) is 24.4 Å². The van der Waals surface area contributed by atoms with Crippen LogP contribution in [0.25, 0.3) is 10.9 Å². The van der Waals surface area contributed by atoms with E-state index in [0.29, 0.717) is 19.1 Å². The summed E-state index contributed by atoms with van der Waals surface area (Å²) in [6.07, 6.45) is 5.88. The van der Waals surface area contributed by atoms with Crippen molar-refractivity contribution in [2.45, 2.75) is 45.6 Å². The molecule has 0 radical (unpaired) electrons. The number of carbonyl (C=O) groups is 1. The number of hydrogen-bond donors (Lipinski definition) is 4. The van der Waals surface area contributed by atoms with Crippen molar-refractivity contribution in [2.24, 2.45) is 4.99 Å². The minimum Gasteiger partial charge on any atom is -0.361 e. The zero-order valence-corrected chi connectivity index (χ0v) is 22.1. The van der Waals surface area contributed by atoms with Crippen molar-refractivity contribution in [3.8, 4) is 0 Å². The molecule has 0 spiro atoms. The minimum absolute atomic E-state index is 0. The molecule has 1 aliphatic rings. The number of hydrogen-bond acceptors (Lipinski definition) is 3. The number of fused-ring (bicyclic) bond motifs is 1. The van der Waals surface area contributed by atoms with Gasteiger partial charge in [-0.15, -0.1) is 24.0 Å². The van der Waals surface area contributed by atoms with E-state index in [4.69, 9.17) is 16.6 Å². The van der Waals surface area contributed by atoms with Gasteiger partial charge in [0, 0.05) is 60.9 Å². The number of nitrogens with one attached hydrogen (secondary N) is 4. The summed E-state index contributed by atoms with van der Waals surface area (Å²) in [7, 11) is 0. The van der Waals surface area contributed by atoms with E-state index in [1.165, 1.54) is 5.56 Å². The average molecular weight is 575 g/mol. The Balaban J connectivity index is 0.00000363. The standard InChI is InChI=1S/C23H35ClN6O.HI/c1-3-10-26-22(31)16-30-12-8-19(9-13-30)29-23(25-4-2)27-11-7-17-15-28-21-6-5-18(24)14-20(17)21;/h5-6,14-15,19,28H,3-4,7-13,16H2,1-2H3,(H,26,31)(H2,25,27,29);1H. The van der Waals surface area contributed by atoms with Crippen molar-refractivity contribution in [3.05, 3.63) is 35.0 Å². The highest BCUT2D eigenvalue weighted by molar-refractivity contribution is 14.0. The second kappa shape index (κ2) is 13.9. The molecule has 1 fully saturated rings. The van der Waals surface area contributed by atoms with Crippen LogP contribution in [0, 0.1) is 0 Å². The summed E-state index contributed by atoms with van der Waals surface area (Å²) in [6, 6.07) is 6.29. The van der Waals surface area contributed by atoms with Gasteiger partial charge in [0.05, 0.1) is 6.54 Å². The van der Waals surface area contributed by atoms with Gasteiger partial charge >= 0.3 is 0 Å². The maximum atomic E-state index is 11.9. The van der Waals surface area contributed by atoms with Crippen LogP contribution in [0.1, 0.15) is 38.7 Å². The molecule has 1 aromatic carbocycles. The Morgan fingerprint density at radius 3 is 2.75 bits per heavy atom. The van der Waals surface area contributed by atoms with Crippen LogP contribution in [0.15, 0.2) is 29.4 Å². The van der Waals surface area contributed by atoms with Gasteiger partial charge in [-0.1, -0.05) is 18.5 Å². The minimum atomic E-state index is 0. The van der Waals surface area contributed by atoms with Crippen molar-refractivity contribution in [1.82, 2.24) is 25.8 Å². The first kappa shape index (κ1) is 26.7. The molecule has 2 aromatic rings. The zero-order chi connectivity index (χ0) is 22.1. The highest BCUT2D eigenvalue weighted by atomic mass is 127. The number of benzene rings is 1. The molecule has 1 amide bonds. The number of piperidine rings is 1. The summed E-state index contributed by atoms with van der Waals surface area (Å²) in [5.41, 5.74) is 2.33. The number of amides is 1. The maximum absolute atomic E-state index is 11.9. The van der Waals surface area contributed by atoms with Crippen LogP contribution < -0.4 is 16.0 Å². The van der Waals surface area contributed by atoms with Crippen molar-refractivity contribution in [2.75, 3.05) is 39.3 Å². The molecule has 0 saturated carbocycles. The number of guanidine groups is 1. The number of aliphatic imine (C=N–C) groups is 1. The predicted molar refractivity (Wildman–Crippen MR) is 144 cm³/mol. The van der Waals surface area contributed by atoms with E-state index in [1.54, 1.807) is 0 Å². The Kier molecular flexibility index (Phi) is 11.6. The highest BCUT2D eigenvalue weighted by Gasteiger charge is 2.21. The lowest BCUT2D eigenvalue weighted by molar-refractivity contribution is -0.122. The monoisotopic (exact) mass is 574 g/mol. The summed E-state index contributed by atoms with van der Waals surface area (Å²) in [4.78, 5) is 22.2. The number of aromatic nitrogens is 1. The fourth-order valence-electron chi connectivity index (χ4n) is 3.92. The fraction of sp³-hybridized carbons (Fsp3) is 0.565. The Bertz CT molecular complexity index is 878. The summed E-state index contributed by atoms with van der Waals surface area (Å²) in [5, 5.41) is 11.8. The number of likely N-dealkylation sites (tertiary alicyclic amines) is 1. The molecular weight excluding hydrogens is 539 g/mol. The van der Waals surface area contributed by atoms with Crippen LogP contribution in [0.5, 0.6) is 0 Å². The first-order valence-corrected chi connectivity index (χ1v) is 11.8. The molecule has 32 heavy (non-hydrogen) atoms. The lowest BCUT2D eigenvalue weighted by Gasteiger charge is -2.32. The molecule has 0 unspecified atom stereocenters. The van der Waals surface area contributed by atoms with Crippen molar-refractivity contribution >= 4 is 58.3 Å². The molecular formula is C23H36ClIN6O. The van der Waals surface area contributed by atoms with Gasteiger partial charge in [-0.25, -0.2) is 0 Å². The molecule has 1 saturated heterocycles. The summed E-state index contributed by atoms with van der Waals surface area (Å²) in [5.74, 6) is 0.987. The Labute approximate surface area is 213 Å². The Hall–Kier alpha value is -1.52. The van der Waals surface area contributed by atoms with Crippen molar-refractivity contribution < 1.29 is 4.79 Å². The van der Waals surface area contributed by atoms with Gasteiger partial charge in [0.2, 0.25) is 5.91 Å². The van der Waals surface area contributed by atoms with Crippen LogP contribution >= 0.6 is 35.6 Å². The highest BCUT2D eigenvalue weighted by Crippen LogP contribution is 2.22. The third-order valence-electron chi connectivity index (χ3n) is 5.59. The van der Waals surface area contributed by atoms with Gasteiger partial charge in [0.25, 0.3) is 0 Å². The largest absolute Gasteiger partial charge is 0.361 e. The zero-order valence-electron chi connectivity index (χ0n) is 19.0. The first-order valence-electron chi connectivity index (χ1n) is 11.4. The Morgan fingerprint density at radius 2 is 2.03 bits per heavy atom. The van der Waals surface area contributed by atoms with E-state index in [-0.39, 0.29) is 29.9 Å². The molecule has 1 aliphatic heterocycles. The van der Waals surface area contributed by atoms with E-state index in [0.717, 1.165) is 73.7 Å². The second-order valence-electron chi connectivity index (χ2n) is 8.06. The lowest BCUT2D eigenvalue weighted by atomic mass is 10.1. The van der Waals surface area contributed by atoms with E-state index < -0.39 is 0 Å². The molecule has 3 rings (SSSR count). The summed E-state index contributed by atoms with van der Waals surface area (Å²) < 4.78 is 0. The van der Waals surface area contributed by atoms with Crippen LogP contribution in [-0.2, 0) is 11.2 Å². The van der Waals surface area contributed by atoms with Gasteiger partial charge in [0.1, 0.15) is 0 Å². The summed E-state index contributed by atoms with van der Waals surface area (Å²) >= 11 is 6.16. The van der Waals surface area contributed by atoms with Gasteiger partial charge in [-0.3, -0.25) is 14.7 Å². The number of rotatable bonds is 9. The van der Waals surface area contributed by atoms with Gasteiger partial charge in [0.15, 0.2) is 5.96 Å². The van der Waals surface area contributed by atoms with Crippen LogP contribution in [-0.4, -0.2) is 67.1 Å². The van der Waals surface area contributed by atoms with Crippen LogP contribution in [0.2, 0.25) is 5.02 Å². The van der Waals surface area contributed by atoms with Gasteiger partial charge < -0.3 is 20.9 Å². The fourth-order valence-corrected chi connectivity index (χ4v) is 4.09. The number of nitrogens with zero attached hydrogens (tertiary/aromatic N) is 2. The molecule has 1 aromatic heterocycles. The number of H-pyrrole nitrogens is 1. The van der Waals surface area contributed by atoms with E-state index >= 15 is 0 Å². The SMILES string of the molecule is CCCNC(=O)CN1CCC(NC(=NCCc2c[nH]c3ccc(Cl)cc23)NCC)CC1.I. The molecule has 4 N–H and O–H groups in total. The number of aromatic amines is 1.